The third kappa shape index (κ3) is 4.83. The first-order chi connectivity index (χ1) is 18.0. The SMILES string of the molecule is COCC(=O)Nc1ccc(N2C(=S)N[C@@H](c3ccccn3)[C@H]2c2cccn2-c2ccccc2F)cc1C. The highest BCUT2D eigenvalue weighted by molar-refractivity contribution is 7.80. The van der Waals surface area contributed by atoms with Crippen molar-refractivity contribution in [2.45, 2.75) is 19.0 Å². The number of hydrogen-bond donors (Lipinski definition) is 2. The number of aromatic nitrogens is 2. The molecule has 1 amide bonds. The number of carbonyl (C=O) groups is 1. The van der Waals surface area contributed by atoms with Crippen molar-refractivity contribution in [1.82, 2.24) is 14.9 Å². The predicted molar refractivity (Wildman–Crippen MR) is 145 cm³/mol. The van der Waals surface area contributed by atoms with Crippen LogP contribution in [0.25, 0.3) is 5.69 Å². The summed E-state index contributed by atoms with van der Waals surface area (Å²) in [6, 6.07) is 21.4. The largest absolute Gasteiger partial charge is 0.375 e. The molecule has 2 aromatic heterocycles. The van der Waals surface area contributed by atoms with Crippen molar-refractivity contribution in [2.75, 3.05) is 23.9 Å². The zero-order chi connectivity index (χ0) is 25.9. The highest BCUT2D eigenvalue weighted by atomic mass is 32.1. The third-order valence-corrected chi connectivity index (χ3v) is 6.65. The lowest BCUT2D eigenvalue weighted by Gasteiger charge is -2.29. The summed E-state index contributed by atoms with van der Waals surface area (Å²) >= 11 is 5.83. The predicted octanol–water partition coefficient (Wildman–Crippen LogP) is 5.08. The molecule has 0 spiro atoms. The first kappa shape index (κ1) is 24.6. The molecule has 1 aliphatic heterocycles. The quantitative estimate of drug-likeness (QED) is 0.335. The molecule has 1 fully saturated rings. The number of benzene rings is 2. The second kappa shape index (κ2) is 10.5. The number of carbonyl (C=O) groups excluding carboxylic acids is 1. The number of pyridine rings is 1. The Hall–Kier alpha value is -4.08. The van der Waals surface area contributed by atoms with Crippen LogP contribution < -0.4 is 15.5 Å². The number of nitrogens with one attached hydrogen (secondary N) is 2. The van der Waals surface area contributed by atoms with Crippen LogP contribution in [0.5, 0.6) is 0 Å². The van der Waals surface area contributed by atoms with Crippen LogP contribution in [-0.4, -0.2) is 34.3 Å². The summed E-state index contributed by atoms with van der Waals surface area (Å²) in [6.07, 6.45) is 3.60. The van der Waals surface area contributed by atoms with Crippen molar-refractivity contribution in [3.8, 4) is 5.69 Å². The van der Waals surface area contributed by atoms with Gasteiger partial charge in [-0.25, -0.2) is 4.39 Å². The Kier molecular flexibility index (Phi) is 6.98. The fourth-order valence-corrected chi connectivity index (χ4v) is 5.04. The second-order valence-corrected chi connectivity index (χ2v) is 9.12. The van der Waals surface area contributed by atoms with Crippen LogP contribution >= 0.6 is 12.2 Å². The van der Waals surface area contributed by atoms with Gasteiger partial charge in [0, 0.05) is 36.6 Å². The Morgan fingerprint density at radius 3 is 2.68 bits per heavy atom. The minimum absolute atomic E-state index is 0.0256. The van der Waals surface area contributed by atoms with Crippen molar-refractivity contribution in [3.05, 3.63) is 108 Å². The first-order valence-corrected chi connectivity index (χ1v) is 12.2. The number of para-hydroxylation sites is 1. The third-order valence-electron chi connectivity index (χ3n) is 6.33. The number of methoxy groups -OCH3 is 1. The summed E-state index contributed by atoms with van der Waals surface area (Å²) in [5.74, 6) is -0.547. The van der Waals surface area contributed by atoms with E-state index in [1.54, 1.807) is 18.3 Å². The van der Waals surface area contributed by atoms with E-state index < -0.39 is 0 Å². The Labute approximate surface area is 219 Å². The van der Waals surface area contributed by atoms with Crippen LogP contribution in [0.3, 0.4) is 0 Å². The molecule has 0 unspecified atom stereocenters. The number of halogens is 1. The summed E-state index contributed by atoms with van der Waals surface area (Å²) in [6.45, 7) is 1.90. The maximum absolute atomic E-state index is 14.9. The lowest BCUT2D eigenvalue weighted by Crippen LogP contribution is -2.30. The van der Waals surface area contributed by atoms with Gasteiger partial charge in [0.25, 0.3) is 0 Å². The molecule has 9 heteroatoms. The minimum atomic E-state index is -0.328. The molecule has 2 N–H and O–H groups in total. The molecular formula is C28H26FN5O2S. The fourth-order valence-electron chi connectivity index (χ4n) is 4.69. The van der Waals surface area contributed by atoms with E-state index in [2.05, 4.69) is 15.6 Å². The van der Waals surface area contributed by atoms with E-state index in [-0.39, 0.29) is 30.4 Å². The normalized spacial score (nSPS) is 17.1. The number of thiocarbonyl (C=S) groups is 1. The summed E-state index contributed by atoms with van der Waals surface area (Å²) in [5.41, 5.74) is 4.52. The minimum Gasteiger partial charge on any atom is -0.375 e. The van der Waals surface area contributed by atoms with E-state index in [9.17, 15) is 9.18 Å². The number of anilines is 2. The molecule has 5 rings (SSSR count). The van der Waals surface area contributed by atoms with Gasteiger partial charge in [0.15, 0.2) is 5.11 Å². The molecule has 0 bridgehead atoms. The van der Waals surface area contributed by atoms with Gasteiger partial charge in [-0.05, 0) is 79.3 Å². The zero-order valence-electron chi connectivity index (χ0n) is 20.4. The van der Waals surface area contributed by atoms with E-state index in [1.807, 2.05) is 77.2 Å². The Morgan fingerprint density at radius 1 is 1.14 bits per heavy atom. The van der Waals surface area contributed by atoms with Crippen molar-refractivity contribution < 1.29 is 13.9 Å². The maximum atomic E-state index is 14.9. The highest BCUT2D eigenvalue weighted by Crippen LogP contribution is 2.43. The van der Waals surface area contributed by atoms with Gasteiger partial charge in [-0.3, -0.25) is 9.78 Å². The van der Waals surface area contributed by atoms with E-state index in [0.717, 1.165) is 22.6 Å². The standard InChI is InChI=1S/C28H26FN5O2S/c1-18-16-19(12-13-21(18)31-25(35)17-36-2)34-27(26(32-28(34)37)22-9-5-6-14-30-22)24-11-7-15-33(24)23-10-4-3-8-20(23)29/h3-16,26-27H,17H2,1-2H3,(H,31,35)(H,32,37)/t26-,27+/m0/s1. The topological polar surface area (TPSA) is 71.4 Å². The van der Waals surface area contributed by atoms with Gasteiger partial charge >= 0.3 is 0 Å². The van der Waals surface area contributed by atoms with Crippen molar-refractivity contribution in [3.63, 3.8) is 0 Å². The molecule has 0 aliphatic carbocycles. The summed E-state index contributed by atoms with van der Waals surface area (Å²) < 4.78 is 21.6. The Morgan fingerprint density at radius 2 is 1.95 bits per heavy atom. The monoisotopic (exact) mass is 515 g/mol. The van der Waals surface area contributed by atoms with E-state index >= 15 is 0 Å². The van der Waals surface area contributed by atoms with Gasteiger partial charge in [-0.2, -0.15) is 0 Å². The Balaban J connectivity index is 1.60. The number of hydrogen-bond acceptors (Lipinski definition) is 4. The van der Waals surface area contributed by atoms with Crippen molar-refractivity contribution in [2.24, 2.45) is 0 Å². The first-order valence-electron chi connectivity index (χ1n) is 11.8. The number of nitrogens with zero attached hydrogens (tertiary/aromatic N) is 3. The molecule has 2 atom stereocenters. The molecule has 7 nitrogen and oxygen atoms in total. The number of amides is 1. The molecule has 37 heavy (non-hydrogen) atoms. The van der Waals surface area contributed by atoms with E-state index in [4.69, 9.17) is 17.0 Å². The van der Waals surface area contributed by atoms with Gasteiger partial charge in [0.2, 0.25) is 5.91 Å². The number of aryl methyl sites for hydroxylation is 1. The highest BCUT2D eigenvalue weighted by Gasteiger charge is 2.42. The van der Waals surface area contributed by atoms with Gasteiger partial charge in [-0.15, -0.1) is 0 Å². The lowest BCUT2D eigenvalue weighted by molar-refractivity contribution is -0.119. The molecule has 0 saturated carbocycles. The molecule has 188 valence electrons. The van der Waals surface area contributed by atoms with Gasteiger partial charge < -0.3 is 24.8 Å². The van der Waals surface area contributed by atoms with E-state index in [0.29, 0.717) is 16.5 Å². The van der Waals surface area contributed by atoms with Crippen LogP contribution in [0, 0.1) is 12.7 Å². The van der Waals surface area contributed by atoms with Crippen LogP contribution in [0.15, 0.2) is 85.2 Å². The molecular weight excluding hydrogens is 489 g/mol. The van der Waals surface area contributed by atoms with E-state index in [1.165, 1.54) is 13.2 Å². The molecule has 1 saturated heterocycles. The zero-order valence-corrected chi connectivity index (χ0v) is 21.2. The molecule has 1 aliphatic rings. The molecule has 2 aromatic carbocycles. The summed E-state index contributed by atoms with van der Waals surface area (Å²) in [7, 11) is 1.48. The van der Waals surface area contributed by atoms with Crippen molar-refractivity contribution in [1.29, 1.82) is 0 Å². The lowest BCUT2D eigenvalue weighted by atomic mass is 10.00. The second-order valence-electron chi connectivity index (χ2n) is 8.73. The van der Waals surface area contributed by atoms with Gasteiger partial charge in [-0.1, -0.05) is 18.2 Å². The van der Waals surface area contributed by atoms with Crippen molar-refractivity contribution >= 4 is 34.6 Å². The van der Waals surface area contributed by atoms with Crippen LogP contribution in [0.1, 0.15) is 29.0 Å². The number of rotatable bonds is 7. The average molecular weight is 516 g/mol. The smallest absolute Gasteiger partial charge is 0.250 e. The van der Waals surface area contributed by atoms with Gasteiger partial charge in [0.1, 0.15) is 18.5 Å². The van der Waals surface area contributed by atoms with Crippen LogP contribution in [-0.2, 0) is 9.53 Å². The molecule has 0 radical (unpaired) electrons. The van der Waals surface area contributed by atoms with Crippen LogP contribution in [0.4, 0.5) is 15.8 Å². The fraction of sp³-hybridized carbons (Fsp3) is 0.179. The molecule has 4 aromatic rings. The maximum Gasteiger partial charge on any atom is 0.250 e. The van der Waals surface area contributed by atoms with Crippen LogP contribution in [0.2, 0.25) is 0 Å². The van der Waals surface area contributed by atoms with Gasteiger partial charge in [0.05, 0.1) is 17.4 Å². The summed E-state index contributed by atoms with van der Waals surface area (Å²) in [5, 5.41) is 6.82. The molecule has 3 heterocycles. The number of ether oxygens (including phenoxy) is 1. The average Bonchev–Trinajstić information content (AvgIpc) is 3.50. The Bertz CT molecular complexity index is 1440. The summed E-state index contributed by atoms with van der Waals surface area (Å²) in [4.78, 5) is 18.7.